The monoisotopic (exact) mass is 280 g/mol. The predicted octanol–water partition coefficient (Wildman–Crippen LogP) is 1.75. The SMILES string of the molecule is CC1SCCN(C(=O)c2ncccc2C(=O)O)C1C. The van der Waals surface area contributed by atoms with Gasteiger partial charge in [0.15, 0.2) is 0 Å². The Hall–Kier alpha value is -1.56. The van der Waals surface area contributed by atoms with Gasteiger partial charge < -0.3 is 10.0 Å². The van der Waals surface area contributed by atoms with Crippen molar-refractivity contribution in [3.05, 3.63) is 29.6 Å². The molecule has 2 unspecified atom stereocenters. The molecular formula is C13H16N2O3S. The Balaban J connectivity index is 2.31. The van der Waals surface area contributed by atoms with E-state index in [-0.39, 0.29) is 23.2 Å². The van der Waals surface area contributed by atoms with Gasteiger partial charge in [-0.25, -0.2) is 4.79 Å². The first-order chi connectivity index (χ1) is 9.02. The summed E-state index contributed by atoms with van der Waals surface area (Å²) in [5, 5.41) is 9.46. The minimum Gasteiger partial charge on any atom is -0.478 e. The molecule has 0 radical (unpaired) electrons. The van der Waals surface area contributed by atoms with E-state index < -0.39 is 5.97 Å². The van der Waals surface area contributed by atoms with E-state index in [4.69, 9.17) is 5.11 Å². The molecule has 5 nitrogen and oxygen atoms in total. The van der Waals surface area contributed by atoms with Crippen LogP contribution in [0.5, 0.6) is 0 Å². The molecule has 1 N–H and O–H groups in total. The maximum absolute atomic E-state index is 12.5. The number of rotatable bonds is 2. The molecule has 1 amide bonds. The summed E-state index contributed by atoms with van der Waals surface area (Å²) in [5.41, 5.74) is -0.00784. The highest BCUT2D eigenvalue weighted by molar-refractivity contribution is 8.00. The largest absolute Gasteiger partial charge is 0.478 e. The predicted molar refractivity (Wildman–Crippen MR) is 73.6 cm³/mol. The van der Waals surface area contributed by atoms with Crippen LogP contribution in [0.25, 0.3) is 0 Å². The number of thioether (sulfide) groups is 1. The highest BCUT2D eigenvalue weighted by Gasteiger charge is 2.31. The molecule has 1 aromatic heterocycles. The van der Waals surface area contributed by atoms with Crippen molar-refractivity contribution in [3.8, 4) is 0 Å². The Kier molecular flexibility index (Phi) is 4.09. The van der Waals surface area contributed by atoms with Gasteiger partial charge in [0.25, 0.3) is 5.91 Å². The lowest BCUT2D eigenvalue weighted by Gasteiger charge is -2.37. The van der Waals surface area contributed by atoms with Crippen molar-refractivity contribution in [1.29, 1.82) is 0 Å². The zero-order valence-corrected chi connectivity index (χ0v) is 11.7. The van der Waals surface area contributed by atoms with Gasteiger partial charge in [-0.15, -0.1) is 0 Å². The summed E-state index contributed by atoms with van der Waals surface area (Å²) < 4.78 is 0. The van der Waals surface area contributed by atoms with E-state index in [0.29, 0.717) is 11.8 Å². The number of amides is 1. The Labute approximate surface area is 116 Å². The molecule has 0 saturated carbocycles. The molecule has 0 spiro atoms. The molecule has 1 fully saturated rings. The van der Waals surface area contributed by atoms with Gasteiger partial charge in [0.2, 0.25) is 0 Å². The minimum atomic E-state index is -1.12. The van der Waals surface area contributed by atoms with Crippen LogP contribution in [0.2, 0.25) is 0 Å². The van der Waals surface area contributed by atoms with Crippen molar-refractivity contribution < 1.29 is 14.7 Å². The first-order valence-electron chi connectivity index (χ1n) is 6.13. The van der Waals surface area contributed by atoms with Crippen LogP contribution >= 0.6 is 11.8 Å². The van der Waals surface area contributed by atoms with E-state index in [1.807, 2.05) is 18.7 Å². The van der Waals surface area contributed by atoms with Crippen LogP contribution in [0, 0.1) is 0 Å². The highest BCUT2D eigenvalue weighted by atomic mass is 32.2. The summed E-state index contributed by atoms with van der Waals surface area (Å²) in [7, 11) is 0. The number of pyridine rings is 1. The Morgan fingerprint density at radius 2 is 2.21 bits per heavy atom. The van der Waals surface area contributed by atoms with Crippen molar-refractivity contribution >= 4 is 23.6 Å². The maximum atomic E-state index is 12.5. The third kappa shape index (κ3) is 2.73. The molecular weight excluding hydrogens is 264 g/mol. The number of nitrogens with zero attached hydrogens (tertiary/aromatic N) is 2. The fraction of sp³-hybridized carbons (Fsp3) is 0.462. The molecule has 1 aromatic rings. The van der Waals surface area contributed by atoms with Gasteiger partial charge in [-0.2, -0.15) is 11.8 Å². The summed E-state index contributed by atoms with van der Waals surface area (Å²) in [4.78, 5) is 29.3. The second-order valence-electron chi connectivity index (χ2n) is 4.52. The van der Waals surface area contributed by atoms with Gasteiger partial charge in [0, 0.05) is 29.8 Å². The van der Waals surface area contributed by atoms with Crippen LogP contribution in [0.1, 0.15) is 34.7 Å². The number of aromatic nitrogens is 1. The first kappa shape index (κ1) is 13.9. The number of carbonyl (C=O) groups is 2. The van der Waals surface area contributed by atoms with Gasteiger partial charge in [-0.3, -0.25) is 9.78 Å². The molecule has 2 rings (SSSR count). The number of aromatic carboxylic acids is 1. The molecule has 19 heavy (non-hydrogen) atoms. The number of carbonyl (C=O) groups excluding carboxylic acids is 1. The highest BCUT2D eigenvalue weighted by Crippen LogP contribution is 2.25. The summed E-state index contributed by atoms with van der Waals surface area (Å²) in [5.74, 6) is -0.548. The molecule has 0 bridgehead atoms. The topological polar surface area (TPSA) is 70.5 Å². The zero-order valence-electron chi connectivity index (χ0n) is 10.9. The summed E-state index contributed by atoms with van der Waals surface area (Å²) in [6.45, 7) is 4.69. The second-order valence-corrected chi connectivity index (χ2v) is 6.00. The van der Waals surface area contributed by atoms with E-state index in [9.17, 15) is 9.59 Å². The molecule has 1 aliphatic heterocycles. The lowest BCUT2D eigenvalue weighted by atomic mass is 10.1. The van der Waals surface area contributed by atoms with Gasteiger partial charge >= 0.3 is 5.97 Å². The minimum absolute atomic E-state index is 0.0287. The summed E-state index contributed by atoms with van der Waals surface area (Å²) >= 11 is 1.82. The van der Waals surface area contributed by atoms with Crippen molar-refractivity contribution in [2.45, 2.75) is 25.1 Å². The van der Waals surface area contributed by atoms with Gasteiger partial charge in [-0.1, -0.05) is 6.92 Å². The summed E-state index contributed by atoms with van der Waals surface area (Å²) in [6, 6.07) is 3.02. The average Bonchev–Trinajstić information content (AvgIpc) is 2.41. The van der Waals surface area contributed by atoms with E-state index in [2.05, 4.69) is 11.9 Å². The lowest BCUT2D eigenvalue weighted by molar-refractivity contribution is 0.0649. The van der Waals surface area contributed by atoms with Crippen molar-refractivity contribution in [2.75, 3.05) is 12.3 Å². The Morgan fingerprint density at radius 1 is 1.47 bits per heavy atom. The zero-order chi connectivity index (χ0) is 14.0. The van der Waals surface area contributed by atoms with Gasteiger partial charge in [-0.05, 0) is 19.1 Å². The van der Waals surface area contributed by atoms with Crippen molar-refractivity contribution in [1.82, 2.24) is 9.88 Å². The van der Waals surface area contributed by atoms with Crippen LogP contribution in [0.15, 0.2) is 18.3 Å². The van der Waals surface area contributed by atoms with Gasteiger partial charge in [0.05, 0.1) is 5.56 Å². The smallest absolute Gasteiger partial charge is 0.338 e. The maximum Gasteiger partial charge on any atom is 0.338 e. The number of carboxylic acids is 1. The molecule has 0 aliphatic carbocycles. The van der Waals surface area contributed by atoms with Crippen LogP contribution in [-0.4, -0.2) is 50.5 Å². The lowest BCUT2D eigenvalue weighted by Crippen LogP contribution is -2.48. The number of hydrogen-bond acceptors (Lipinski definition) is 4. The quantitative estimate of drug-likeness (QED) is 0.893. The van der Waals surface area contributed by atoms with Crippen LogP contribution < -0.4 is 0 Å². The third-order valence-corrected chi connectivity index (χ3v) is 4.72. The molecule has 2 atom stereocenters. The van der Waals surface area contributed by atoms with E-state index in [1.54, 1.807) is 4.90 Å². The average molecular weight is 280 g/mol. The van der Waals surface area contributed by atoms with E-state index >= 15 is 0 Å². The van der Waals surface area contributed by atoms with E-state index in [1.165, 1.54) is 18.3 Å². The second kappa shape index (κ2) is 5.61. The van der Waals surface area contributed by atoms with Crippen molar-refractivity contribution in [2.24, 2.45) is 0 Å². The fourth-order valence-electron chi connectivity index (χ4n) is 2.10. The summed E-state index contributed by atoms with van der Waals surface area (Å²) in [6.07, 6.45) is 1.45. The Bertz CT molecular complexity index is 506. The molecule has 1 saturated heterocycles. The van der Waals surface area contributed by atoms with Crippen LogP contribution in [-0.2, 0) is 0 Å². The molecule has 6 heteroatoms. The first-order valence-corrected chi connectivity index (χ1v) is 7.18. The number of hydrogen-bond donors (Lipinski definition) is 1. The number of carboxylic acid groups (broad SMARTS) is 1. The molecule has 0 aromatic carbocycles. The third-order valence-electron chi connectivity index (χ3n) is 3.39. The van der Waals surface area contributed by atoms with Crippen molar-refractivity contribution in [3.63, 3.8) is 0 Å². The van der Waals surface area contributed by atoms with Crippen LogP contribution in [0.4, 0.5) is 0 Å². The molecule has 1 aliphatic rings. The van der Waals surface area contributed by atoms with E-state index in [0.717, 1.165) is 5.75 Å². The normalized spacial score (nSPS) is 23.2. The fourth-order valence-corrected chi connectivity index (χ4v) is 3.20. The van der Waals surface area contributed by atoms with Crippen LogP contribution in [0.3, 0.4) is 0 Å². The standard InChI is InChI=1S/C13H16N2O3S/c1-8-9(2)19-7-6-15(8)12(16)11-10(13(17)18)4-3-5-14-11/h3-5,8-9H,6-7H2,1-2H3,(H,17,18). The molecule has 102 valence electrons. The van der Waals surface area contributed by atoms with Gasteiger partial charge in [0.1, 0.15) is 5.69 Å². The molecule has 2 heterocycles. The Morgan fingerprint density at radius 3 is 2.89 bits per heavy atom.